The van der Waals surface area contributed by atoms with Crippen LogP contribution in [0.25, 0.3) is 0 Å². The number of anilines is 2. The molecule has 0 aromatic carbocycles. The van der Waals surface area contributed by atoms with Gasteiger partial charge in [0.25, 0.3) is 0 Å². The van der Waals surface area contributed by atoms with Crippen LogP contribution in [0.3, 0.4) is 0 Å². The summed E-state index contributed by atoms with van der Waals surface area (Å²) in [7, 11) is 0. The molecule has 0 atom stereocenters. The average molecular weight is 224 g/mol. The quantitative estimate of drug-likeness (QED) is 0.816. The van der Waals surface area contributed by atoms with E-state index in [1.165, 1.54) is 24.3 Å². The molecule has 82 valence electrons. The van der Waals surface area contributed by atoms with Crippen LogP contribution < -0.4 is 11.1 Å². The Morgan fingerprint density at radius 1 is 1.33 bits per heavy atom. The normalized spacial score (nSPS) is 17.6. The second-order valence-corrected chi connectivity index (χ2v) is 5.00. The molecule has 2 rings (SSSR count). The van der Waals surface area contributed by atoms with Crippen molar-refractivity contribution in [1.29, 1.82) is 0 Å². The molecule has 0 saturated carbocycles. The minimum atomic E-state index is 0.606. The van der Waals surface area contributed by atoms with E-state index in [0.29, 0.717) is 11.6 Å². The molecule has 4 nitrogen and oxygen atoms in total. The molecule has 0 radical (unpaired) electrons. The number of thioether (sulfide) groups is 1. The third kappa shape index (κ3) is 3.27. The Bertz CT molecular complexity index is 295. The zero-order valence-electron chi connectivity index (χ0n) is 8.65. The number of nitrogens with one attached hydrogen (secondary N) is 1. The van der Waals surface area contributed by atoms with Crippen LogP contribution in [0.15, 0.2) is 12.4 Å². The van der Waals surface area contributed by atoms with Gasteiger partial charge in [0.1, 0.15) is 0 Å². The van der Waals surface area contributed by atoms with Gasteiger partial charge in [0.05, 0.1) is 18.1 Å². The van der Waals surface area contributed by atoms with Gasteiger partial charge in [-0.05, 0) is 30.3 Å². The van der Waals surface area contributed by atoms with Crippen LogP contribution in [0.4, 0.5) is 11.6 Å². The molecule has 5 heteroatoms. The fourth-order valence-electron chi connectivity index (χ4n) is 1.62. The van der Waals surface area contributed by atoms with Gasteiger partial charge in [-0.2, -0.15) is 11.8 Å². The number of rotatable bonds is 3. The molecule has 1 aromatic rings. The molecule has 1 aliphatic heterocycles. The summed E-state index contributed by atoms with van der Waals surface area (Å²) < 4.78 is 0. The van der Waals surface area contributed by atoms with Crippen LogP contribution in [-0.2, 0) is 0 Å². The van der Waals surface area contributed by atoms with Crippen LogP contribution in [0.5, 0.6) is 0 Å². The Hall–Kier alpha value is -0.970. The van der Waals surface area contributed by atoms with E-state index in [9.17, 15) is 0 Å². The van der Waals surface area contributed by atoms with Crippen LogP contribution in [0.1, 0.15) is 12.8 Å². The average Bonchev–Trinajstić information content (AvgIpc) is 2.30. The van der Waals surface area contributed by atoms with Crippen molar-refractivity contribution in [3.63, 3.8) is 0 Å². The Balaban J connectivity index is 1.79. The minimum Gasteiger partial charge on any atom is -0.396 e. The van der Waals surface area contributed by atoms with E-state index < -0.39 is 0 Å². The molecular formula is C10H16N4S. The summed E-state index contributed by atoms with van der Waals surface area (Å²) in [6, 6.07) is 0. The summed E-state index contributed by atoms with van der Waals surface area (Å²) in [6.45, 7) is 0.977. The van der Waals surface area contributed by atoms with Gasteiger partial charge in [0.15, 0.2) is 0 Å². The van der Waals surface area contributed by atoms with E-state index in [1.807, 2.05) is 11.8 Å². The summed E-state index contributed by atoms with van der Waals surface area (Å²) in [4.78, 5) is 8.22. The van der Waals surface area contributed by atoms with Crippen molar-refractivity contribution in [1.82, 2.24) is 9.97 Å². The van der Waals surface area contributed by atoms with Crippen molar-refractivity contribution in [2.24, 2.45) is 5.92 Å². The van der Waals surface area contributed by atoms with Crippen molar-refractivity contribution in [2.45, 2.75) is 12.8 Å². The summed E-state index contributed by atoms with van der Waals surface area (Å²) >= 11 is 2.05. The molecule has 1 aromatic heterocycles. The number of nitrogens with two attached hydrogens (primary N) is 1. The molecule has 0 aliphatic carbocycles. The van der Waals surface area contributed by atoms with Crippen molar-refractivity contribution in [3.05, 3.63) is 12.4 Å². The van der Waals surface area contributed by atoms with Gasteiger partial charge in [0.2, 0.25) is 5.95 Å². The van der Waals surface area contributed by atoms with Crippen molar-refractivity contribution in [3.8, 4) is 0 Å². The first-order valence-corrected chi connectivity index (χ1v) is 6.39. The maximum atomic E-state index is 5.51. The topological polar surface area (TPSA) is 63.8 Å². The lowest BCUT2D eigenvalue weighted by Crippen LogP contribution is -2.20. The van der Waals surface area contributed by atoms with Gasteiger partial charge < -0.3 is 11.1 Å². The van der Waals surface area contributed by atoms with E-state index in [4.69, 9.17) is 5.73 Å². The van der Waals surface area contributed by atoms with Crippen LogP contribution in [0, 0.1) is 5.92 Å². The number of aromatic nitrogens is 2. The fourth-order valence-corrected chi connectivity index (χ4v) is 2.82. The zero-order chi connectivity index (χ0) is 10.5. The molecule has 15 heavy (non-hydrogen) atoms. The third-order valence-electron chi connectivity index (χ3n) is 2.56. The van der Waals surface area contributed by atoms with Gasteiger partial charge in [-0.1, -0.05) is 0 Å². The van der Waals surface area contributed by atoms with E-state index in [-0.39, 0.29) is 0 Å². The lowest BCUT2D eigenvalue weighted by atomic mass is 10.0. The maximum Gasteiger partial charge on any atom is 0.222 e. The highest BCUT2D eigenvalue weighted by molar-refractivity contribution is 7.99. The zero-order valence-corrected chi connectivity index (χ0v) is 9.46. The standard InChI is InChI=1S/C10H16N4S/c11-9-6-13-10(14-7-9)12-5-8-1-3-15-4-2-8/h6-8H,1-5,11H2,(H,12,13,14). The summed E-state index contributed by atoms with van der Waals surface area (Å²) in [6.07, 6.45) is 5.86. The number of nitrogens with zero attached hydrogens (tertiary/aromatic N) is 2. The number of hydrogen-bond donors (Lipinski definition) is 2. The molecule has 1 aliphatic rings. The molecule has 2 heterocycles. The van der Waals surface area contributed by atoms with Crippen molar-refractivity contribution < 1.29 is 0 Å². The second-order valence-electron chi connectivity index (χ2n) is 3.78. The van der Waals surface area contributed by atoms with Gasteiger partial charge in [-0.15, -0.1) is 0 Å². The van der Waals surface area contributed by atoms with E-state index in [1.54, 1.807) is 12.4 Å². The van der Waals surface area contributed by atoms with E-state index in [2.05, 4.69) is 15.3 Å². The van der Waals surface area contributed by atoms with Crippen LogP contribution >= 0.6 is 11.8 Å². The first kappa shape index (κ1) is 10.5. The molecule has 0 unspecified atom stereocenters. The highest BCUT2D eigenvalue weighted by Crippen LogP contribution is 2.22. The van der Waals surface area contributed by atoms with Gasteiger partial charge in [0, 0.05) is 6.54 Å². The SMILES string of the molecule is Nc1cnc(NCC2CCSCC2)nc1. The number of nitrogen functional groups attached to an aromatic ring is 1. The van der Waals surface area contributed by atoms with E-state index in [0.717, 1.165) is 12.5 Å². The predicted octanol–water partition coefficient (Wildman–Crippen LogP) is 1.61. The monoisotopic (exact) mass is 224 g/mol. The predicted molar refractivity (Wildman–Crippen MR) is 65.0 cm³/mol. The lowest BCUT2D eigenvalue weighted by molar-refractivity contribution is 0.515. The second kappa shape index (κ2) is 5.21. The van der Waals surface area contributed by atoms with Crippen LogP contribution in [-0.4, -0.2) is 28.0 Å². The molecule has 3 N–H and O–H groups in total. The molecular weight excluding hydrogens is 208 g/mol. The highest BCUT2D eigenvalue weighted by atomic mass is 32.2. The third-order valence-corrected chi connectivity index (χ3v) is 3.61. The van der Waals surface area contributed by atoms with Gasteiger partial charge >= 0.3 is 0 Å². The molecule has 1 fully saturated rings. The summed E-state index contributed by atoms with van der Waals surface area (Å²) in [5.74, 6) is 4.03. The molecule has 0 spiro atoms. The minimum absolute atomic E-state index is 0.606. The summed E-state index contributed by atoms with van der Waals surface area (Å²) in [5, 5.41) is 3.25. The molecule has 0 amide bonds. The van der Waals surface area contributed by atoms with Crippen molar-refractivity contribution in [2.75, 3.05) is 29.1 Å². The Kier molecular flexibility index (Phi) is 3.66. The lowest BCUT2D eigenvalue weighted by Gasteiger charge is -2.21. The smallest absolute Gasteiger partial charge is 0.222 e. The Labute approximate surface area is 94.1 Å². The van der Waals surface area contributed by atoms with Gasteiger partial charge in [-0.3, -0.25) is 0 Å². The molecule has 0 bridgehead atoms. The first-order chi connectivity index (χ1) is 7.34. The van der Waals surface area contributed by atoms with Gasteiger partial charge in [-0.25, -0.2) is 9.97 Å². The highest BCUT2D eigenvalue weighted by Gasteiger charge is 2.13. The first-order valence-electron chi connectivity index (χ1n) is 5.24. The maximum absolute atomic E-state index is 5.51. The Morgan fingerprint density at radius 2 is 2.00 bits per heavy atom. The summed E-state index contributed by atoms with van der Waals surface area (Å²) in [5.41, 5.74) is 6.12. The fraction of sp³-hybridized carbons (Fsp3) is 0.600. The van der Waals surface area contributed by atoms with E-state index >= 15 is 0 Å². The number of hydrogen-bond acceptors (Lipinski definition) is 5. The molecule has 1 saturated heterocycles. The van der Waals surface area contributed by atoms with Crippen LogP contribution in [0.2, 0.25) is 0 Å². The van der Waals surface area contributed by atoms with Crippen molar-refractivity contribution >= 4 is 23.4 Å². The largest absolute Gasteiger partial charge is 0.396 e. The Morgan fingerprint density at radius 3 is 2.67 bits per heavy atom.